The standard InChI is InChI=1S/C20H34O7/c1-5-6-7-8-9-10-13-24-18-17(12-11-14(2)21)27-20(26-16(4)23)19(18)25-15(3)22/h17-20H,5-13H2,1-4H3/t17-,18+,19-,20?/m1/s1. The van der Waals surface area contributed by atoms with Gasteiger partial charge in [0.1, 0.15) is 11.9 Å². The van der Waals surface area contributed by atoms with E-state index in [1.807, 2.05) is 0 Å². The van der Waals surface area contributed by atoms with Crippen LogP contribution in [0.1, 0.15) is 79.1 Å². The quantitative estimate of drug-likeness (QED) is 0.354. The van der Waals surface area contributed by atoms with E-state index in [1.54, 1.807) is 0 Å². The molecule has 4 atom stereocenters. The van der Waals surface area contributed by atoms with Crippen molar-refractivity contribution in [3.05, 3.63) is 0 Å². The van der Waals surface area contributed by atoms with Gasteiger partial charge in [0.2, 0.25) is 6.29 Å². The first-order valence-electron chi connectivity index (χ1n) is 9.96. The first-order chi connectivity index (χ1) is 12.8. The van der Waals surface area contributed by atoms with E-state index >= 15 is 0 Å². The molecule has 0 bridgehead atoms. The summed E-state index contributed by atoms with van der Waals surface area (Å²) in [7, 11) is 0. The Balaban J connectivity index is 2.67. The summed E-state index contributed by atoms with van der Waals surface area (Å²) in [6, 6.07) is 0. The molecule has 0 N–H and O–H groups in total. The summed E-state index contributed by atoms with van der Waals surface area (Å²) in [6.45, 7) is 6.75. The van der Waals surface area contributed by atoms with Crippen LogP contribution in [0.4, 0.5) is 0 Å². The van der Waals surface area contributed by atoms with Crippen LogP contribution < -0.4 is 0 Å². The van der Waals surface area contributed by atoms with E-state index in [4.69, 9.17) is 18.9 Å². The fourth-order valence-electron chi connectivity index (χ4n) is 3.15. The molecule has 0 aromatic carbocycles. The van der Waals surface area contributed by atoms with E-state index in [9.17, 15) is 14.4 Å². The van der Waals surface area contributed by atoms with E-state index < -0.39 is 36.5 Å². The summed E-state index contributed by atoms with van der Waals surface area (Å²) in [6.07, 6.45) is 4.65. The van der Waals surface area contributed by atoms with Crippen LogP contribution in [0.3, 0.4) is 0 Å². The largest absolute Gasteiger partial charge is 0.453 e. The van der Waals surface area contributed by atoms with Gasteiger partial charge >= 0.3 is 11.9 Å². The molecule has 1 rings (SSSR count). The van der Waals surface area contributed by atoms with Crippen molar-refractivity contribution in [2.24, 2.45) is 0 Å². The van der Waals surface area contributed by atoms with Crippen molar-refractivity contribution in [3.8, 4) is 0 Å². The van der Waals surface area contributed by atoms with Gasteiger partial charge in [-0.15, -0.1) is 0 Å². The van der Waals surface area contributed by atoms with Crippen LogP contribution in [0, 0.1) is 0 Å². The predicted molar refractivity (Wildman–Crippen MR) is 99.0 cm³/mol. The number of Topliss-reactive ketones (excluding diaryl/α,β-unsaturated/α-hetero) is 1. The van der Waals surface area contributed by atoms with E-state index in [1.165, 1.54) is 40.0 Å². The SMILES string of the molecule is CCCCCCCCO[C@H]1[C@@H](CCC(C)=O)OC(OC(C)=O)[C@@H]1OC(C)=O. The molecule has 27 heavy (non-hydrogen) atoms. The predicted octanol–water partition coefficient (Wildman–Crippen LogP) is 3.32. The van der Waals surface area contributed by atoms with Crippen molar-refractivity contribution in [2.45, 2.75) is 104 Å². The van der Waals surface area contributed by atoms with Crippen LogP contribution in [0.25, 0.3) is 0 Å². The minimum atomic E-state index is -1.02. The Hall–Kier alpha value is -1.47. The molecule has 0 amide bonds. The van der Waals surface area contributed by atoms with Gasteiger partial charge in [0.05, 0.1) is 6.10 Å². The first kappa shape index (κ1) is 23.6. The van der Waals surface area contributed by atoms with E-state index in [0.717, 1.165) is 19.3 Å². The fraction of sp³-hybridized carbons (Fsp3) is 0.850. The maximum absolute atomic E-state index is 11.5. The van der Waals surface area contributed by atoms with Crippen molar-refractivity contribution >= 4 is 17.7 Å². The second kappa shape index (κ2) is 12.8. The summed E-state index contributed by atoms with van der Waals surface area (Å²) < 4.78 is 22.2. The number of ketones is 1. The molecule has 0 spiro atoms. The topological polar surface area (TPSA) is 88.1 Å². The Labute approximate surface area is 162 Å². The normalized spacial score (nSPS) is 24.6. The van der Waals surface area contributed by atoms with Gasteiger partial charge in [-0.2, -0.15) is 0 Å². The maximum atomic E-state index is 11.5. The third-order valence-electron chi connectivity index (χ3n) is 4.44. The number of unbranched alkanes of at least 4 members (excludes halogenated alkanes) is 5. The van der Waals surface area contributed by atoms with Gasteiger partial charge < -0.3 is 23.7 Å². The molecule has 1 fully saturated rings. The van der Waals surface area contributed by atoms with Crippen molar-refractivity contribution in [1.29, 1.82) is 0 Å². The van der Waals surface area contributed by atoms with Gasteiger partial charge in [-0.05, 0) is 19.8 Å². The number of esters is 2. The van der Waals surface area contributed by atoms with E-state index in [0.29, 0.717) is 19.4 Å². The summed E-state index contributed by atoms with van der Waals surface area (Å²) >= 11 is 0. The van der Waals surface area contributed by atoms with Crippen LogP contribution in [-0.2, 0) is 33.3 Å². The Morgan fingerprint density at radius 2 is 1.48 bits per heavy atom. The lowest BCUT2D eigenvalue weighted by atomic mass is 10.0. The Kier molecular flexibility index (Phi) is 11.2. The Bertz CT molecular complexity index is 477. The average molecular weight is 386 g/mol. The zero-order valence-electron chi connectivity index (χ0n) is 17.0. The second-order valence-electron chi connectivity index (χ2n) is 7.07. The molecule has 0 aromatic rings. The van der Waals surface area contributed by atoms with Crippen molar-refractivity contribution in [1.82, 2.24) is 0 Å². The molecular weight excluding hydrogens is 352 g/mol. The third-order valence-corrected chi connectivity index (χ3v) is 4.44. The molecule has 0 aliphatic carbocycles. The van der Waals surface area contributed by atoms with Gasteiger partial charge in [0.25, 0.3) is 0 Å². The minimum absolute atomic E-state index is 0.0354. The zero-order chi connectivity index (χ0) is 20.2. The lowest BCUT2D eigenvalue weighted by Crippen LogP contribution is -2.40. The van der Waals surface area contributed by atoms with Gasteiger partial charge in [0.15, 0.2) is 6.10 Å². The summed E-state index contributed by atoms with van der Waals surface area (Å²) in [5, 5.41) is 0. The molecule has 7 heteroatoms. The average Bonchev–Trinajstić information content (AvgIpc) is 2.88. The molecule has 0 saturated carbocycles. The molecule has 1 aliphatic rings. The third kappa shape index (κ3) is 9.33. The highest BCUT2D eigenvalue weighted by atomic mass is 16.7. The van der Waals surface area contributed by atoms with Gasteiger partial charge in [0, 0.05) is 26.9 Å². The Morgan fingerprint density at radius 3 is 2.07 bits per heavy atom. The van der Waals surface area contributed by atoms with Crippen LogP contribution in [0.15, 0.2) is 0 Å². The van der Waals surface area contributed by atoms with Crippen molar-refractivity contribution < 1.29 is 33.3 Å². The summed E-state index contributed by atoms with van der Waals surface area (Å²) in [4.78, 5) is 34.2. The number of carbonyl (C=O) groups is 3. The van der Waals surface area contributed by atoms with Crippen LogP contribution in [-0.4, -0.2) is 48.9 Å². The summed E-state index contributed by atoms with van der Waals surface area (Å²) in [5.41, 5.74) is 0. The van der Waals surface area contributed by atoms with Gasteiger partial charge in [-0.1, -0.05) is 39.0 Å². The number of hydrogen-bond acceptors (Lipinski definition) is 7. The maximum Gasteiger partial charge on any atom is 0.305 e. The van der Waals surface area contributed by atoms with Gasteiger partial charge in [-0.3, -0.25) is 9.59 Å². The molecule has 0 radical (unpaired) electrons. The highest BCUT2D eigenvalue weighted by Gasteiger charge is 2.49. The highest BCUT2D eigenvalue weighted by Crippen LogP contribution is 2.31. The zero-order valence-corrected chi connectivity index (χ0v) is 17.0. The van der Waals surface area contributed by atoms with Crippen molar-refractivity contribution in [2.75, 3.05) is 6.61 Å². The molecule has 1 aliphatic heterocycles. The molecule has 156 valence electrons. The molecule has 0 aromatic heterocycles. The van der Waals surface area contributed by atoms with Crippen LogP contribution >= 0.6 is 0 Å². The van der Waals surface area contributed by atoms with E-state index in [-0.39, 0.29) is 5.78 Å². The number of ether oxygens (including phenoxy) is 4. The first-order valence-corrected chi connectivity index (χ1v) is 9.96. The van der Waals surface area contributed by atoms with Crippen molar-refractivity contribution in [3.63, 3.8) is 0 Å². The smallest absolute Gasteiger partial charge is 0.305 e. The molecule has 1 heterocycles. The highest BCUT2D eigenvalue weighted by molar-refractivity contribution is 5.75. The number of rotatable bonds is 13. The molecule has 7 nitrogen and oxygen atoms in total. The van der Waals surface area contributed by atoms with Crippen LogP contribution in [0.5, 0.6) is 0 Å². The number of hydrogen-bond donors (Lipinski definition) is 0. The number of carbonyl (C=O) groups excluding carboxylic acids is 3. The molecular formula is C20H34O7. The lowest BCUT2D eigenvalue weighted by molar-refractivity contribution is -0.195. The second-order valence-corrected chi connectivity index (χ2v) is 7.07. The lowest BCUT2D eigenvalue weighted by Gasteiger charge is -2.23. The monoisotopic (exact) mass is 386 g/mol. The molecule has 1 unspecified atom stereocenters. The Morgan fingerprint density at radius 1 is 0.852 bits per heavy atom. The van der Waals surface area contributed by atoms with E-state index in [2.05, 4.69) is 6.92 Å². The molecule has 1 saturated heterocycles. The summed E-state index contributed by atoms with van der Waals surface area (Å²) in [5.74, 6) is -0.992. The fourth-order valence-corrected chi connectivity index (χ4v) is 3.15. The minimum Gasteiger partial charge on any atom is -0.453 e. The van der Waals surface area contributed by atoms with Gasteiger partial charge in [-0.25, -0.2) is 0 Å². The van der Waals surface area contributed by atoms with Crippen LogP contribution in [0.2, 0.25) is 0 Å².